The molecule has 3 rings (SSSR count). The molecule has 2 heterocycles. The maximum Gasteiger partial charge on any atom is 0.154 e. The summed E-state index contributed by atoms with van der Waals surface area (Å²) < 4.78 is 19.6. The van der Waals surface area contributed by atoms with E-state index in [1.165, 1.54) is 17.8 Å². The summed E-state index contributed by atoms with van der Waals surface area (Å²) in [6.07, 6.45) is 0.694. The fourth-order valence-corrected chi connectivity index (χ4v) is 3.74. The number of nitrogens with two attached hydrogens (primary N) is 1. The molecule has 1 aromatic rings. The molecule has 0 aromatic heterocycles. The van der Waals surface area contributed by atoms with Gasteiger partial charge in [-0.25, -0.2) is 4.39 Å². The fourth-order valence-electron chi connectivity index (χ4n) is 2.77. The summed E-state index contributed by atoms with van der Waals surface area (Å²) in [6, 6.07) is 6.87. The summed E-state index contributed by atoms with van der Waals surface area (Å²) >= 11 is 1.53. The number of benzene rings is 1. The molecule has 2 atom stereocenters. The predicted molar refractivity (Wildman–Crippen MR) is 71.1 cm³/mol. The number of aliphatic imine (C=N–C) groups is 1. The standard InChI is InChI=1S/C13H15FN2OS/c14-11-4-2-1-3-10(11)13-5-6-17-7-9(13)8-18-12(15)16-13/h1-4,9H,5-8H2,(H2,15,16)/t9?,13-/m0/s1. The number of amidine groups is 1. The molecule has 1 fully saturated rings. The molecular weight excluding hydrogens is 251 g/mol. The second kappa shape index (κ2) is 4.55. The van der Waals surface area contributed by atoms with Gasteiger partial charge in [0, 0.05) is 30.3 Å². The number of fused-ring (bicyclic) bond motifs is 1. The smallest absolute Gasteiger partial charge is 0.154 e. The Bertz CT molecular complexity index is 494. The van der Waals surface area contributed by atoms with Gasteiger partial charge in [-0.3, -0.25) is 4.99 Å². The predicted octanol–water partition coefficient (Wildman–Crippen LogP) is 2.12. The first-order valence-corrected chi connectivity index (χ1v) is 7.02. The molecule has 3 nitrogen and oxygen atoms in total. The van der Waals surface area contributed by atoms with E-state index in [-0.39, 0.29) is 11.7 Å². The summed E-state index contributed by atoms with van der Waals surface area (Å²) in [7, 11) is 0. The monoisotopic (exact) mass is 266 g/mol. The van der Waals surface area contributed by atoms with Crippen molar-refractivity contribution in [3.8, 4) is 0 Å². The lowest BCUT2D eigenvalue weighted by atomic mass is 9.75. The van der Waals surface area contributed by atoms with Crippen LogP contribution < -0.4 is 5.73 Å². The van der Waals surface area contributed by atoms with Gasteiger partial charge in [-0.05, 0) is 6.07 Å². The number of hydrogen-bond donors (Lipinski definition) is 1. The molecule has 0 bridgehead atoms. The molecule has 1 saturated heterocycles. The highest BCUT2D eigenvalue weighted by atomic mass is 32.2. The molecule has 0 spiro atoms. The van der Waals surface area contributed by atoms with Crippen molar-refractivity contribution in [3.05, 3.63) is 35.6 Å². The van der Waals surface area contributed by atoms with Gasteiger partial charge in [-0.15, -0.1) is 0 Å². The van der Waals surface area contributed by atoms with Crippen LogP contribution in [0, 0.1) is 11.7 Å². The van der Waals surface area contributed by atoms with E-state index in [1.807, 2.05) is 12.1 Å². The molecule has 96 valence electrons. The maximum atomic E-state index is 14.1. The Morgan fingerprint density at radius 3 is 3.11 bits per heavy atom. The second-order valence-electron chi connectivity index (χ2n) is 4.69. The highest BCUT2D eigenvalue weighted by molar-refractivity contribution is 8.13. The largest absolute Gasteiger partial charge is 0.381 e. The van der Waals surface area contributed by atoms with Gasteiger partial charge in [-0.1, -0.05) is 30.0 Å². The van der Waals surface area contributed by atoms with Crippen molar-refractivity contribution < 1.29 is 9.13 Å². The van der Waals surface area contributed by atoms with Gasteiger partial charge in [0.1, 0.15) is 5.82 Å². The third kappa shape index (κ3) is 1.82. The quantitative estimate of drug-likeness (QED) is 0.847. The number of hydrogen-bond acceptors (Lipinski definition) is 4. The van der Waals surface area contributed by atoms with Crippen LogP contribution in [-0.2, 0) is 10.3 Å². The number of nitrogens with zero attached hydrogens (tertiary/aromatic N) is 1. The zero-order chi connectivity index (χ0) is 12.6. The van der Waals surface area contributed by atoms with Crippen LogP contribution in [0.3, 0.4) is 0 Å². The molecule has 1 unspecified atom stereocenters. The van der Waals surface area contributed by atoms with E-state index in [9.17, 15) is 4.39 Å². The van der Waals surface area contributed by atoms with Crippen LogP contribution in [-0.4, -0.2) is 24.1 Å². The lowest BCUT2D eigenvalue weighted by molar-refractivity contribution is 0.00885. The SMILES string of the molecule is NC1=N[C@@]2(c3ccccc3F)CCOCC2CS1. The lowest BCUT2D eigenvalue weighted by Gasteiger charge is -2.43. The Labute approximate surface area is 110 Å². The van der Waals surface area contributed by atoms with Crippen molar-refractivity contribution in [2.45, 2.75) is 12.0 Å². The molecule has 1 aromatic carbocycles. The van der Waals surface area contributed by atoms with Gasteiger partial charge >= 0.3 is 0 Å². The first kappa shape index (κ1) is 12.0. The zero-order valence-electron chi connectivity index (χ0n) is 9.93. The van der Waals surface area contributed by atoms with Crippen LogP contribution >= 0.6 is 11.8 Å². The van der Waals surface area contributed by atoms with E-state index in [0.717, 1.165) is 5.75 Å². The molecule has 2 N–H and O–H groups in total. The molecular formula is C13H15FN2OS. The van der Waals surface area contributed by atoms with Gasteiger partial charge < -0.3 is 10.5 Å². The maximum absolute atomic E-state index is 14.1. The molecule has 5 heteroatoms. The fraction of sp³-hybridized carbons (Fsp3) is 0.462. The second-order valence-corrected chi connectivity index (χ2v) is 5.73. The van der Waals surface area contributed by atoms with Crippen LogP contribution in [0.25, 0.3) is 0 Å². The van der Waals surface area contributed by atoms with Crippen LogP contribution in [0.5, 0.6) is 0 Å². The summed E-state index contributed by atoms with van der Waals surface area (Å²) in [5.41, 5.74) is 5.99. The van der Waals surface area contributed by atoms with Crippen molar-refractivity contribution >= 4 is 16.9 Å². The molecule has 0 radical (unpaired) electrons. The third-order valence-corrected chi connectivity index (χ3v) is 4.66. The van der Waals surface area contributed by atoms with Gasteiger partial charge in [0.15, 0.2) is 5.17 Å². The van der Waals surface area contributed by atoms with Crippen LogP contribution in [0.15, 0.2) is 29.3 Å². The topological polar surface area (TPSA) is 47.6 Å². The van der Waals surface area contributed by atoms with Crippen molar-refractivity contribution in [1.29, 1.82) is 0 Å². The molecule has 2 aliphatic rings. The first-order chi connectivity index (χ1) is 8.72. The summed E-state index contributed by atoms with van der Waals surface area (Å²) in [5.74, 6) is 0.831. The van der Waals surface area contributed by atoms with Crippen LogP contribution in [0.4, 0.5) is 4.39 Å². The number of halogens is 1. The minimum Gasteiger partial charge on any atom is -0.381 e. The Kier molecular flexibility index (Phi) is 3.03. The van der Waals surface area contributed by atoms with Crippen molar-refractivity contribution in [2.24, 2.45) is 16.6 Å². The van der Waals surface area contributed by atoms with E-state index in [4.69, 9.17) is 10.5 Å². The third-order valence-electron chi connectivity index (χ3n) is 3.70. The average Bonchev–Trinajstić information content (AvgIpc) is 2.38. The number of ether oxygens (including phenoxy) is 1. The Hall–Kier alpha value is -1.07. The van der Waals surface area contributed by atoms with Gasteiger partial charge in [0.2, 0.25) is 0 Å². The molecule has 18 heavy (non-hydrogen) atoms. The first-order valence-electron chi connectivity index (χ1n) is 6.03. The van der Waals surface area contributed by atoms with Crippen molar-refractivity contribution in [2.75, 3.05) is 19.0 Å². The summed E-state index contributed by atoms with van der Waals surface area (Å²) in [4.78, 5) is 4.60. The minimum absolute atomic E-state index is 0.195. The summed E-state index contributed by atoms with van der Waals surface area (Å²) in [6.45, 7) is 1.23. The van der Waals surface area contributed by atoms with E-state index in [2.05, 4.69) is 4.99 Å². The Balaban J connectivity index is 2.13. The average molecular weight is 266 g/mol. The van der Waals surface area contributed by atoms with E-state index >= 15 is 0 Å². The molecule has 0 amide bonds. The van der Waals surface area contributed by atoms with Crippen LogP contribution in [0.2, 0.25) is 0 Å². The molecule has 0 aliphatic carbocycles. The normalized spacial score (nSPS) is 31.6. The zero-order valence-corrected chi connectivity index (χ0v) is 10.8. The van der Waals surface area contributed by atoms with E-state index in [0.29, 0.717) is 30.4 Å². The van der Waals surface area contributed by atoms with Crippen LogP contribution in [0.1, 0.15) is 12.0 Å². The van der Waals surface area contributed by atoms with Crippen molar-refractivity contribution in [1.82, 2.24) is 0 Å². The minimum atomic E-state index is -0.529. The highest BCUT2D eigenvalue weighted by Gasteiger charge is 2.46. The van der Waals surface area contributed by atoms with E-state index < -0.39 is 5.54 Å². The number of thioether (sulfide) groups is 1. The van der Waals surface area contributed by atoms with Gasteiger partial charge in [0.05, 0.1) is 12.1 Å². The number of rotatable bonds is 1. The van der Waals surface area contributed by atoms with Gasteiger partial charge in [-0.2, -0.15) is 0 Å². The Morgan fingerprint density at radius 1 is 1.44 bits per heavy atom. The van der Waals surface area contributed by atoms with E-state index in [1.54, 1.807) is 6.07 Å². The summed E-state index contributed by atoms with van der Waals surface area (Å²) in [5, 5.41) is 0.552. The van der Waals surface area contributed by atoms with Gasteiger partial charge in [0.25, 0.3) is 0 Å². The Morgan fingerprint density at radius 2 is 2.28 bits per heavy atom. The highest BCUT2D eigenvalue weighted by Crippen LogP contribution is 2.45. The molecule has 2 aliphatic heterocycles. The lowest BCUT2D eigenvalue weighted by Crippen LogP contribution is -2.47. The van der Waals surface area contributed by atoms with Crippen molar-refractivity contribution in [3.63, 3.8) is 0 Å². The molecule has 0 saturated carbocycles.